The number of β-amino-alcohol motifs (C(OH)–C–C–N with tert-alkyl or cyclic N) is 1. The number of nitrogens with zero attached hydrogens (tertiary/aromatic N) is 2. The Morgan fingerprint density at radius 3 is 2.55 bits per heavy atom. The molecule has 160 valence electrons. The van der Waals surface area contributed by atoms with Gasteiger partial charge in [0.2, 0.25) is 0 Å². The number of aliphatic hydroxyl groups excluding tert-OH is 1. The number of anilines is 1. The third kappa shape index (κ3) is 7.84. The van der Waals surface area contributed by atoms with Gasteiger partial charge in [-0.05, 0) is 51.5 Å². The van der Waals surface area contributed by atoms with Gasteiger partial charge in [-0.2, -0.15) is 0 Å². The summed E-state index contributed by atoms with van der Waals surface area (Å²) in [5.74, 6) is 7.13. The van der Waals surface area contributed by atoms with Gasteiger partial charge in [-0.1, -0.05) is 13.3 Å². The van der Waals surface area contributed by atoms with E-state index in [1.165, 1.54) is 0 Å². The summed E-state index contributed by atoms with van der Waals surface area (Å²) in [6, 6.07) is 9.13. The Hall–Kier alpha value is -2.42. The highest BCUT2D eigenvalue weighted by molar-refractivity contribution is 5.68. The van der Waals surface area contributed by atoms with Gasteiger partial charge in [0.05, 0.1) is 12.3 Å². The second-order valence-electron chi connectivity index (χ2n) is 7.90. The molecule has 0 aliphatic rings. The average Bonchev–Trinajstić information content (AvgIpc) is 2.70. The van der Waals surface area contributed by atoms with E-state index in [9.17, 15) is 5.11 Å². The van der Waals surface area contributed by atoms with E-state index >= 15 is 0 Å². The van der Waals surface area contributed by atoms with Crippen molar-refractivity contribution >= 4 is 5.82 Å². The van der Waals surface area contributed by atoms with Gasteiger partial charge in [0, 0.05) is 23.7 Å². The second-order valence-corrected chi connectivity index (χ2v) is 7.90. The zero-order valence-electron chi connectivity index (χ0n) is 17.7. The van der Waals surface area contributed by atoms with Gasteiger partial charge in [0.1, 0.15) is 24.2 Å². The van der Waals surface area contributed by atoms with Gasteiger partial charge >= 0.3 is 0 Å². The second kappa shape index (κ2) is 10.9. The minimum atomic E-state index is -0.651. The van der Waals surface area contributed by atoms with Crippen LogP contribution in [0.2, 0.25) is 0 Å². The van der Waals surface area contributed by atoms with E-state index in [1.54, 1.807) is 12.1 Å². The lowest BCUT2D eigenvalue weighted by molar-refractivity contribution is 0.100. The third-order valence-electron chi connectivity index (χ3n) is 4.11. The number of hydrogen-bond donors (Lipinski definition) is 4. The van der Waals surface area contributed by atoms with Gasteiger partial charge in [-0.25, -0.2) is 5.84 Å². The van der Waals surface area contributed by atoms with Crippen molar-refractivity contribution in [2.24, 2.45) is 5.84 Å². The Balaban J connectivity index is 2.16. The van der Waals surface area contributed by atoms with Crippen LogP contribution in [0.1, 0.15) is 40.5 Å². The van der Waals surface area contributed by atoms with Crippen molar-refractivity contribution in [2.75, 3.05) is 25.2 Å². The molecule has 1 aromatic carbocycles. The number of hydrogen-bond acceptors (Lipinski definition) is 8. The number of nitrogen functional groups attached to an aromatic ring is 1. The molecule has 1 atom stereocenters. The zero-order valence-corrected chi connectivity index (χ0v) is 17.7. The first-order valence-electron chi connectivity index (χ1n) is 9.96. The largest absolute Gasteiger partial charge is 0.493 e. The first-order chi connectivity index (χ1) is 13.8. The lowest BCUT2D eigenvalue weighted by atomic mass is 10.1. The molecule has 0 amide bonds. The van der Waals surface area contributed by atoms with E-state index in [0.717, 1.165) is 18.4 Å². The molecule has 0 fully saturated rings. The highest BCUT2D eigenvalue weighted by atomic mass is 16.5. The van der Waals surface area contributed by atoms with Gasteiger partial charge in [0.15, 0.2) is 5.82 Å². The smallest absolute Gasteiger partial charge is 0.162 e. The monoisotopic (exact) mass is 403 g/mol. The number of hydrazine groups is 1. The van der Waals surface area contributed by atoms with E-state index in [4.69, 9.17) is 15.3 Å². The minimum absolute atomic E-state index is 0.0759. The number of unbranched alkanes of at least 4 members (excludes halogenated alkanes) is 1. The zero-order chi connectivity index (χ0) is 21.3. The van der Waals surface area contributed by atoms with Crippen molar-refractivity contribution in [3.63, 3.8) is 0 Å². The fourth-order valence-corrected chi connectivity index (χ4v) is 2.48. The molecule has 8 nitrogen and oxygen atoms in total. The lowest BCUT2D eigenvalue weighted by Crippen LogP contribution is -2.42. The van der Waals surface area contributed by atoms with Gasteiger partial charge in [-0.15, -0.1) is 10.2 Å². The molecule has 0 radical (unpaired) electrons. The molecule has 0 saturated heterocycles. The van der Waals surface area contributed by atoms with Crippen LogP contribution in [-0.2, 0) is 0 Å². The highest BCUT2D eigenvalue weighted by Crippen LogP contribution is 2.32. The summed E-state index contributed by atoms with van der Waals surface area (Å²) in [5, 5.41) is 21.8. The van der Waals surface area contributed by atoms with Crippen LogP contribution in [-0.4, -0.2) is 46.7 Å². The summed E-state index contributed by atoms with van der Waals surface area (Å²) in [4.78, 5) is 0. The van der Waals surface area contributed by atoms with Crippen LogP contribution in [0.3, 0.4) is 0 Å². The first-order valence-corrected chi connectivity index (χ1v) is 9.96. The van der Waals surface area contributed by atoms with Crippen LogP contribution in [0.4, 0.5) is 5.82 Å². The average molecular weight is 404 g/mol. The molecule has 5 N–H and O–H groups in total. The van der Waals surface area contributed by atoms with Gasteiger partial charge in [0.25, 0.3) is 0 Å². The van der Waals surface area contributed by atoms with Crippen LogP contribution >= 0.6 is 0 Å². The van der Waals surface area contributed by atoms with Crippen LogP contribution < -0.4 is 26.1 Å². The Kier molecular flexibility index (Phi) is 8.63. The highest BCUT2D eigenvalue weighted by Gasteiger charge is 2.15. The summed E-state index contributed by atoms with van der Waals surface area (Å²) in [6.07, 6.45) is 1.39. The molecule has 0 aliphatic heterocycles. The van der Waals surface area contributed by atoms with Crippen molar-refractivity contribution in [3.8, 4) is 22.8 Å². The van der Waals surface area contributed by atoms with Crippen molar-refractivity contribution in [2.45, 2.75) is 52.2 Å². The number of nitrogens with two attached hydrogens (primary N) is 1. The standard InChI is InChI=1S/C21H33N5O3/c1-5-6-11-28-16-7-8-17(18-9-10-20(24-22)26-25-18)19(12-16)29-14-15(27)13-23-21(2,3)4/h7-10,12,15,23,27H,5-6,11,13-14,22H2,1-4H3,(H,24,26). The molecule has 0 spiro atoms. The first kappa shape index (κ1) is 22.9. The topological polar surface area (TPSA) is 115 Å². The molecular formula is C21H33N5O3. The van der Waals surface area contributed by atoms with Crippen LogP contribution in [0, 0.1) is 0 Å². The third-order valence-corrected chi connectivity index (χ3v) is 4.11. The van der Waals surface area contributed by atoms with Crippen molar-refractivity contribution in [3.05, 3.63) is 30.3 Å². The summed E-state index contributed by atoms with van der Waals surface area (Å²) in [7, 11) is 0. The molecule has 1 unspecified atom stereocenters. The number of benzene rings is 1. The predicted octanol–water partition coefficient (Wildman–Crippen LogP) is 2.74. The maximum Gasteiger partial charge on any atom is 0.162 e. The summed E-state index contributed by atoms with van der Waals surface area (Å²) >= 11 is 0. The molecule has 2 aromatic rings. The van der Waals surface area contributed by atoms with Crippen molar-refractivity contribution in [1.29, 1.82) is 0 Å². The van der Waals surface area contributed by atoms with E-state index in [-0.39, 0.29) is 12.1 Å². The van der Waals surface area contributed by atoms with Crippen LogP contribution in [0.5, 0.6) is 11.5 Å². The number of ether oxygens (including phenoxy) is 2. The SMILES string of the molecule is CCCCOc1ccc(-c2ccc(NN)nn2)c(OCC(O)CNC(C)(C)C)c1. The van der Waals surface area contributed by atoms with E-state index < -0.39 is 6.10 Å². The lowest BCUT2D eigenvalue weighted by Gasteiger charge is -2.23. The Morgan fingerprint density at radius 2 is 1.93 bits per heavy atom. The molecule has 0 aliphatic carbocycles. The van der Waals surface area contributed by atoms with E-state index in [2.05, 4.69) is 27.9 Å². The minimum Gasteiger partial charge on any atom is -0.493 e. The molecule has 1 aromatic heterocycles. The molecule has 0 bridgehead atoms. The molecule has 2 rings (SSSR count). The fraction of sp³-hybridized carbons (Fsp3) is 0.524. The Bertz CT molecular complexity index is 747. The summed E-state index contributed by atoms with van der Waals surface area (Å²) < 4.78 is 11.7. The quantitative estimate of drug-likeness (QED) is 0.257. The van der Waals surface area contributed by atoms with Gasteiger partial charge < -0.3 is 25.3 Å². The number of rotatable bonds is 11. The number of nitrogens with one attached hydrogen (secondary N) is 2. The molecule has 1 heterocycles. The summed E-state index contributed by atoms with van der Waals surface area (Å²) in [5.41, 5.74) is 3.79. The van der Waals surface area contributed by atoms with Gasteiger partial charge in [-0.3, -0.25) is 0 Å². The van der Waals surface area contributed by atoms with Crippen LogP contribution in [0.15, 0.2) is 30.3 Å². The molecule has 8 heteroatoms. The fourth-order valence-electron chi connectivity index (χ4n) is 2.48. The number of aliphatic hydroxyl groups is 1. The van der Waals surface area contributed by atoms with Crippen molar-refractivity contribution in [1.82, 2.24) is 15.5 Å². The number of aromatic nitrogens is 2. The molecule has 29 heavy (non-hydrogen) atoms. The van der Waals surface area contributed by atoms with Crippen LogP contribution in [0.25, 0.3) is 11.3 Å². The Morgan fingerprint density at radius 1 is 1.14 bits per heavy atom. The maximum absolute atomic E-state index is 10.3. The molecular weight excluding hydrogens is 370 g/mol. The van der Waals surface area contributed by atoms with E-state index in [1.807, 2.05) is 39.0 Å². The Labute approximate surface area is 172 Å². The normalized spacial score (nSPS) is 12.5. The maximum atomic E-state index is 10.3. The van der Waals surface area contributed by atoms with Crippen molar-refractivity contribution < 1.29 is 14.6 Å². The summed E-state index contributed by atoms with van der Waals surface area (Å²) in [6.45, 7) is 9.49. The molecule has 0 saturated carbocycles. The predicted molar refractivity (Wildman–Crippen MR) is 115 cm³/mol. The van der Waals surface area contributed by atoms with E-state index in [0.29, 0.717) is 36.2 Å².